The largest absolute Gasteiger partial charge is 0.389 e. The molecule has 4 N–H and O–H groups in total. The molecule has 1 unspecified atom stereocenters. The summed E-state index contributed by atoms with van der Waals surface area (Å²) < 4.78 is 0. The summed E-state index contributed by atoms with van der Waals surface area (Å²) in [5.74, 6) is -0.434. The molecule has 1 heterocycles. The number of carbonyl (C=O) groups is 1. The van der Waals surface area contributed by atoms with Crippen molar-refractivity contribution in [2.75, 3.05) is 13.1 Å². The molecule has 0 aromatic carbocycles. The number of nitrogens with zero attached hydrogens (tertiary/aromatic N) is 1. The van der Waals surface area contributed by atoms with Crippen LogP contribution < -0.4 is 5.73 Å². The molecule has 12 heavy (non-hydrogen) atoms. The first kappa shape index (κ1) is 9.44. The van der Waals surface area contributed by atoms with Crippen LogP contribution in [0.3, 0.4) is 0 Å². The molecule has 0 aliphatic carbocycles. The quantitative estimate of drug-likeness (QED) is 0.447. The number of aliphatic hydroxyl groups excluding tert-OH is 2. The van der Waals surface area contributed by atoms with Gasteiger partial charge in [-0.25, -0.2) is 0 Å². The van der Waals surface area contributed by atoms with E-state index in [-0.39, 0.29) is 0 Å². The van der Waals surface area contributed by atoms with Crippen LogP contribution >= 0.6 is 0 Å². The van der Waals surface area contributed by atoms with Crippen LogP contribution in [0.15, 0.2) is 0 Å². The van der Waals surface area contributed by atoms with E-state index in [0.717, 1.165) is 0 Å². The molecule has 0 radical (unpaired) electrons. The van der Waals surface area contributed by atoms with E-state index in [1.54, 1.807) is 11.8 Å². The van der Waals surface area contributed by atoms with Crippen LogP contribution in [0.2, 0.25) is 0 Å². The van der Waals surface area contributed by atoms with Crippen molar-refractivity contribution in [1.82, 2.24) is 4.90 Å². The van der Waals surface area contributed by atoms with E-state index in [2.05, 4.69) is 0 Å². The van der Waals surface area contributed by atoms with E-state index in [1.165, 1.54) is 0 Å². The van der Waals surface area contributed by atoms with Gasteiger partial charge >= 0.3 is 0 Å². The molecule has 1 rings (SSSR count). The summed E-state index contributed by atoms with van der Waals surface area (Å²) in [4.78, 5) is 12.4. The average molecular weight is 174 g/mol. The van der Waals surface area contributed by atoms with Crippen molar-refractivity contribution in [2.24, 2.45) is 5.73 Å². The maximum absolute atomic E-state index is 10.7. The molecule has 1 aliphatic heterocycles. The van der Waals surface area contributed by atoms with Crippen molar-refractivity contribution in [1.29, 1.82) is 0 Å². The third-order valence-electron chi connectivity index (χ3n) is 2.25. The second kappa shape index (κ2) is 3.38. The first-order valence-electron chi connectivity index (χ1n) is 3.92. The molecular formula is C7H14N2O3. The van der Waals surface area contributed by atoms with Gasteiger partial charge in [-0.1, -0.05) is 0 Å². The van der Waals surface area contributed by atoms with Crippen LogP contribution in [0.1, 0.15) is 6.92 Å². The number of primary amides is 1. The van der Waals surface area contributed by atoms with Crippen molar-refractivity contribution < 1.29 is 15.0 Å². The van der Waals surface area contributed by atoms with Crippen LogP contribution in [0, 0.1) is 0 Å². The summed E-state index contributed by atoms with van der Waals surface area (Å²) in [6.45, 7) is 2.28. The minimum Gasteiger partial charge on any atom is -0.389 e. The topological polar surface area (TPSA) is 86.8 Å². The van der Waals surface area contributed by atoms with Gasteiger partial charge in [0.2, 0.25) is 5.91 Å². The summed E-state index contributed by atoms with van der Waals surface area (Å²) in [5, 5.41) is 18.3. The van der Waals surface area contributed by atoms with Crippen LogP contribution in [-0.2, 0) is 4.79 Å². The van der Waals surface area contributed by atoms with Gasteiger partial charge in [0.05, 0.1) is 18.2 Å². The number of likely N-dealkylation sites (tertiary alicyclic amines) is 1. The number of β-amino-alcohol motifs (C(OH)–C–C–N with tert-alkyl or cyclic N) is 2. The SMILES string of the molecule is CC(C(N)=O)N1C[C@@H](O)[C@@H](O)C1. The lowest BCUT2D eigenvalue weighted by Gasteiger charge is -2.19. The molecule has 1 amide bonds. The number of nitrogens with two attached hydrogens (primary N) is 1. The van der Waals surface area contributed by atoms with Gasteiger partial charge in [0.25, 0.3) is 0 Å². The lowest BCUT2D eigenvalue weighted by atomic mass is 10.3. The van der Waals surface area contributed by atoms with Crippen LogP contribution in [-0.4, -0.2) is 52.4 Å². The minimum atomic E-state index is -0.758. The Kier molecular flexibility index (Phi) is 2.66. The molecule has 0 aromatic rings. The van der Waals surface area contributed by atoms with E-state index in [4.69, 9.17) is 15.9 Å². The number of hydrogen-bond acceptors (Lipinski definition) is 4. The predicted molar refractivity (Wildman–Crippen MR) is 42.2 cm³/mol. The fourth-order valence-corrected chi connectivity index (χ4v) is 1.29. The lowest BCUT2D eigenvalue weighted by molar-refractivity contribution is -0.122. The van der Waals surface area contributed by atoms with Gasteiger partial charge in [0, 0.05) is 13.1 Å². The normalized spacial score (nSPS) is 33.6. The van der Waals surface area contributed by atoms with Crippen molar-refractivity contribution in [3.05, 3.63) is 0 Å². The van der Waals surface area contributed by atoms with Crippen molar-refractivity contribution in [2.45, 2.75) is 25.2 Å². The number of hydrogen-bond donors (Lipinski definition) is 3. The number of carbonyl (C=O) groups excluding carboxylic acids is 1. The molecule has 0 aromatic heterocycles. The second-order valence-electron chi connectivity index (χ2n) is 3.17. The highest BCUT2D eigenvalue weighted by Gasteiger charge is 2.33. The Morgan fingerprint density at radius 2 is 1.92 bits per heavy atom. The lowest BCUT2D eigenvalue weighted by Crippen LogP contribution is -2.41. The van der Waals surface area contributed by atoms with E-state index >= 15 is 0 Å². The Labute approximate surface area is 70.8 Å². The Balaban J connectivity index is 2.51. The summed E-state index contributed by atoms with van der Waals surface area (Å²) in [6, 6.07) is -0.420. The Morgan fingerprint density at radius 3 is 2.25 bits per heavy atom. The van der Waals surface area contributed by atoms with Crippen molar-refractivity contribution in [3.8, 4) is 0 Å². The monoisotopic (exact) mass is 174 g/mol. The van der Waals surface area contributed by atoms with Crippen LogP contribution in [0.4, 0.5) is 0 Å². The van der Waals surface area contributed by atoms with Gasteiger partial charge < -0.3 is 15.9 Å². The predicted octanol–water partition coefficient (Wildman–Crippen LogP) is -2.10. The molecule has 0 bridgehead atoms. The fourth-order valence-electron chi connectivity index (χ4n) is 1.29. The van der Waals surface area contributed by atoms with Crippen molar-refractivity contribution in [3.63, 3.8) is 0 Å². The van der Waals surface area contributed by atoms with E-state index in [9.17, 15) is 4.79 Å². The van der Waals surface area contributed by atoms with Gasteiger partial charge in [0.1, 0.15) is 0 Å². The van der Waals surface area contributed by atoms with E-state index in [0.29, 0.717) is 13.1 Å². The maximum Gasteiger partial charge on any atom is 0.234 e. The number of rotatable bonds is 2. The molecular weight excluding hydrogens is 160 g/mol. The fraction of sp³-hybridized carbons (Fsp3) is 0.857. The van der Waals surface area contributed by atoms with Gasteiger partial charge in [-0.2, -0.15) is 0 Å². The summed E-state index contributed by atoms with van der Waals surface area (Å²) in [5.41, 5.74) is 5.06. The van der Waals surface area contributed by atoms with Crippen LogP contribution in [0.5, 0.6) is 0 Å². The highest BCUT2D eigenvalue weighted by atomic mass is 16.3. The Morgan fingerprint density at radius 1 is 1.50 bits per heavy atom. The Hall–Kier alpha value is -0.650. The highest BCUT2D eigenvalue weighted by molar-refractivity contribution is 5.79. The van der Waals surface area contributed by atoms with Gasteiger partial charge in [-0.3, -0.25) is 9.69 Å². The summed E-state index contributed by atoms with van der Waals surface area (Å²) >= 11 is 0. The second-order valence-corrected chi connectivity index (χ2v) is 3.17. The molecule has 3 atom stereocenters. The van der Waals surface area contributed by atoms with Gasteiger partial charge in [-0.15, -0.1) is 0 Å². The smallest absolute Gasteiger partial charge is 0.234 e. The average Bonchev–Trinajstić information content (AvgIpc) is 2.30. The summed E-state index contributed by atoms with van der Waals surface area (Å²) in [6.07, 6.45) is -1.52. The molecule has 0 spiro atoms. The summed E-state index contributed by atoms with van der Waals surface area (Å²) in [7, 11) is 0. The van der Waals surface area contributed by atoms with E-state index in [1.807, 2.05) is 0 Å². The van der Waals surface area contributed by atoms with Gasteiger partial charge in [-0.05, 0) is 6.92 Å². The number of amides is 1. The zero-order chi connectivity index (χ0) is 9.30. The molecule has 1 aliphatic rings. The highest BCUT2D eigenvalue weighted by Crippen LogP contribution is 2.12. The molecule has 1 fully saturated rings. The molecule has 5 heteroatoms. The molecule has 5 nitrogen and oxygen atoms in total. The third kappa shape index (κ3) is 1.74. The number of aliphatic hydroxyl groups is 2. The maximum atomic E-state index is 10.7. The molecule has 0 saturated carbocycles. The zero-order valence-corrected chi connectivity index (χ0v) is 6.97. The van der Waals surface area contributed by atoms with E-state index < -0.39 is 24.2 Å². The first-order valence-corrected chi connectivity index (χ1v) is 3.92. The standard InChI is InChI=1S/C7H14N2O3/c1-4(7(8)12)9-2-5(10)6(11)3-9/h4-6,10-11H,2-3H2,1H3,(H2,8,12)/t4?,5-,6+. The third-order valence-corrected chi connectivity index (χ3v) is 2.25. The Bertz CT molecular complexity index is 175. The molecule has 1 saturated heterocycles. The molecule has 70 valence electrons. The first-order chi connectivity index (χ1) is 5.52. The van der Waals surface area contributed by atoms with Gasteiger partial charge in [0.15, 0.2) is 0 Å². The zero-order valence-electron chi connectivity index (χ0n) is 6.97. The van der Waals surface area contributed by atoms with Crippen molar-refractivity contribution >= 4 is 5.91 Å². The minimum absolute atomic E-state index is 0.311. The van der Waals surface area contributed by atoms with Crippen LogP contribution in [0.25, 0.3) is 0 Å².